The van der Waals surface area contributed by atoms with Crippen LogP contribution in [0.3, 0.4) is 0 Å². The van der Waals surface area contributed by atoms with Crippen LogP contribution in [0, 0.1) is 5.92 Å². The molecule has 0 aromatic rings. The molecule has 0 radical (unpaired) electrons. The van der Waals surface area contributed by atoms with Crippen LogP contribution in [0.2, 0.25) is 0 Å². The summed E-state index contributed by atoms with van der Waals surface area (Å²) in [5.41, 5.74) is -0.596. The molecule has 8 atom stereocenters. The number of aliphatic hydroxyl groups is 1. The van der Waals surface area contributed by atoms with Crippen molar-refractivity contribution in [1.82, 2.24) is 0 Å². The van der Waals surface area contributed by atoms with Crippen LogP contribution in [0.25, 0.3) is 0 Å². The van der Waals surface area contributed by atoms with Gasteiger partial charge in [0.15, 0.2) is 0 Å². The minimum absolute atomic E-state index is 0.152. The highest BCUT2D eigenvalue weighted by Gasteiger charge is 2.70. The highest BCUT2D eigenvalue weighted by Crippen LogP contribution is 2.55. The Morgan fingerprint density at radius 3 is 2.74 bits per heavy atom. The summed E-state index contributed by atoms with van der Waals surface area (Å²) < 4.78 is 23.0. The molecule has 7 nitrogen and oxygen atoms in total. The van der Waals surface area contributed by atoms with Crippen molar-refractivity contribution in [3.8, 4) is 0 Å². The minimum atomic E-state index is -0.814. The molecule has 4 rings (SSSR count). The zero-order valence-electron chi connectivity index (χ0n) is 16.1. The van der Waals surface area contributed by atoms with Gasteiger partial charge in [-0.05, 0) is 27.7 Å². The molecule has 1 aliphatic carbocycles. The fraction of sp³-hybridized carbons (Fsp3) is 0.700. The van der Waals surface area contributed by atoms with E-state index in [-0.39, 0.29) is 11.7 Å². The predicted octanol–water partition coefficient (Wildman–Crippen LogP) is 1.43. The van der Waals surface area contributed by atoms with Gasteiger partial charge in [0.05, 0.1) is 23.7 Å². The number of epoxide rings is 2. The summed E-state index contributed by atoms with van der Waals surface area (Å²) in [6, 6.07) is 0. The lowest BCUT2D eigenvalue weighted by Gasteiger charge is -2.29. The van der Waals surface area contributed by atoms with E-state index in [4.69, 9.17) is 18.9 Å². The molecule has 0 unspecified atom stereocenters. The Morgan fingerprint density at radius 2 is 2.07 bits per heavy atom. The van der Waals surface area contributed by atoms with Crippen molar-refractivity contribution in [1.29, 1.82) is 0 Å². The SMILES string of the molecule is C=C1C(=O)O[C@H]2[C@H]1[C@@H](OC(=O)/C(C)=C/C)C[C@@]1(C)O[C@@H]1C[C@H](O)[C@@]1(C)O[C@H]21. The van der Waals surface area contributed by atoms with E-state index < -0.39 is 53.5 Å². The van der Waals surface area contributed by atoms with Crippen molar-refractivity contribution in [2.45, 2.75) is 82.3 Å². The van der Waals surface area contributed by atoms with Crippen molar-refractivity contribution < 1.29 is 33.6 Å². The summed E-state index contributed by atoms with van der Waals surface area (Å²) in [5, 5.41) is 10.6. The van der Waals surface area contributed by atoms with Crippen molar-refractivity contribution in [3.63, 3.8) is 0 Å². The van der Waals surface area contributed by atoms with Crippen molar-refractivity contribution in [2.75, 3.05) is 0 Å². The number of hydrogen-bond acceptors (Lipinski definition) is 7. The average Bonchev–Trinajstić information content (AvgIpc) is 3.44. The normalized spacial score (nSPS) is 48.7. The standard InChI is InChI=1S/C20H26O7/c1-6-9(2)17(22)24-11-8-19(4)13(26-19)7-12(21)20(5)16(27-20)15-14(11)10(3)18(23)25-15/h6,11-16,21H,3,7-8H2,1-2,4-5H3/b9-6+/t11-,12-,13+,14+,15-,16+,19+,20+/m0/s1. The molecule has 1 saturated carbocycles. The molecule has 0 amide bonds. The van der Waals surface area contributed by atoms with Gasteiger partial charge >= 0.3 is 11.9 Å². The molecule has 7 heteroatoms. The molecule has 27 heavy (non-hydrogen) atoms. The van der Waals surface area contributed by atoms with E-state index in [0.717, 1.165) is 0 Å². The van der Waals surface area contributed by atoms with Gasteiger partial charge in [0.2, 0.25) is 0 Å². The number of allylic oxidation sites excluding steroid dienone is 1. The van der Waals surface area contributed by atoms with Crippen LogP contribution < -0.4 is 0 Å². The van der Waals surface area contributed by atoms with E-state index in [1.807, 2.05) is 6.92 Å². The van der Waals surface area contributed by atoms with Gasteiger partial charge in [0.25, 0.3) is 0 Å². The first-order valence-corrected chi connectivity index (χ1v) is 9.38. The molecular formula is C20H26O7. The van der Waals surface area contributed by atoms with E-state index in [2.05, 4.69) is 6.58 Å². The number of esters is 2. The van der Waals surface area contributed by atoms with Crippen LogP contribution in [-0.2, 0) is 28.5 Å². The van der Waals surface area contributed by atoms with Crippen LogP contribution in [-0.4, -0.2) is 58.8 Å². The summed E-state index contributed by atoms with van der Waals surface area (Å²) in [6.07, 6.45) is -0.124. The zero-order chi connectivity index (χ0) is 19.7. The molecule has 1 N–H and O–H groups in total. The number of ether oxygens (including phenoxy) is 4. The summed E-state index contributed by atoms with van der Waals surface area (Å²) in [5.74, 6) is -1.49. The van der Waals surface area contributed by atoms with Gasteiger partial charge in [-0.25, -0.2) is 9.59 Å². The third kappa shape index (κ3) is 2.83. The summed E-state index contributed by atoms with van der Waals surface area (Å²) in [4.78, 5) is 24.7. The van der Waals surface area contributed by atoms with Crippen LogP contribution in [0.15, 0.2) is 23.8 Å². The molecule has 0 aromatic heterocycles. The summed E-state index contributed by atoms with van der Waals surface area (Å²) in [6.45, 7) is 11.1. The maximum atomic E-state index is 12.4. The lowest BCUT2D eigenvalue weighted by Crippen LogP contribution is -2.44. The Hall–Kier alpha value is -1.70. The van der Waals surface area contributed by atoms with Crippen molar-refractivity contribution in [2.24, 2.45) is 5.92 Å². The van der Waals surface area contributed by atoms with Gasteiger partial charge < -0.3 is 24.1 Å². The first kappa shape index (κ1) is 18.7. The number of rotatable bonds is 2. The van der Waals surface area contributed by atoms with Gasteiger partial charge in [-0.2, -0.15) is 0 Å². The third-order valence-corrected chi connectivity index (χ3v) is 6.60. The maximum absolute atomic E-state index is 12.4. The number of hydrogen-bond donors (Lipinski definition) is 1. The molecule has 0 bridgehead atoms. The molecule has 3 aliphatic heterocycles. The number of aliphatic hydroxyl groups excluding tert-OH is 1. The lowest BCUT2D eigenvalue weighted by molar-refractivity contribution is -0.149. The van der Waals surface area contributed by atoms with Gasteiger partial charge in [-0.3, -0.25) is 0 Å². The van der Waals surface area contributed by atoms with Gasteiger partial charge in [0, 0.05) is 24.0 Å². The van der Waals surface area contributed by atoms with E-state index in [9.17, 15) is 14.7 Å². The van der Waals surface area contributed by atoms with Crippen LogP contribution in [0.5, 0.6) is 0 Å². The number of carbonyl (C=O) groups is 2. The fourth-order valence-corrected chi connectivity index (χ4v) is 4.39. The first-order valence-electron chi connectivity index (χ1n) is 9.38. The molecule has 0 aromatic carbocycles. The number of carbonyl (C=O) groups excluding carboxylic acids is 2. The summed E-state index contributed by atoms with van der Waals surface area (Å²) in [7, 11) is 0. The Kier molecular flexibility index (Phi) is 4.07. The summed E-state index contributed by atoms with van der Waals surface area (Å²) >= 11 is 0. The Balaban J connectivity index is 1.69. The Labute approximate surface area is 158 Å². The van der Waals surface area contributed by atoms with E-state index in [0.29, 0.717) is 18.4 Å². The van der Waals surface area contributed by atoms with E-state index in [1.165, 1.54) is 0 Å². The fourth-order valence-electron chi connectivity index (χ4n) is 4.39. The van der Waals surface area contributed by atoms with E-state index >= 15 is 0 Å². The average molecular weight is 378 g/mol. The molecule has 4 aliphatic rings. The Morgan fingerprint density at radius 1 is 1.37 bits per heavy atom. The monoisotopic (exact) mass is 378 g/mol. The predicted molar refractivity (Wildman–Crippen MR) is 93.6 cm³/mol. The van der Waals surface area contributed by atoms with Gasteiger partial charge in [-0.15, -0.1) is 0 Å². The van der Waals surface area contributed by atoms with Gasteiger partial charge in [-0.1, -0.05) is 12.7 Å². The largest absolute Gasteiger partial charge is 0.458 e. The van der Waals surface area contributed by atoms with Crippen LogP contribution in [0.4, 0.5) is 0 Å². The number of fused-ring (bicyclic) bond motifs is 4. The second-order valence-corrected chi connectivity index (χ2v) is 8.43. The van der Waals surface area contributed by atoms with E-state index in [1.54, 1.807) is 26.8 Å². The molecule has 3 saturated heterocycles. The van der Waals surface area contributed by atoms with Gasteiger partial charge in [0.1, 0.15) is 23.9 Å². The molecule has 4 fully saturated rings. The molecule has 3 heterocycles. The highest BCUT2D eigenvalue weighted by atomic mass is 16.7. The third-order valence-electron chi connectivity index (χ3n) is 6.60. The molecular weight excluding hydrogens is 352 g/mol. The first-order chi connectivity index (χ1) is 12.6. The van der Waals surface area contributed by atoms with Crippen molar-refractivity contribution in [3.05, 3.63) is 23.8 Å². The Bertz CT molecular complexity index is 743. The second-order valence-electron chi connectivity index (χ2n) is 8.43. The molecule has 0 spiro atoms. The van der Waals surface area contributed by atoms with Crippen molar-refractivity contribution >= 4 is 11.9 Å². The van der Waals surface area contributed by atoms with Crippen LogP contribution in [0.1, 0.15) is 40.5 Å². The maximum Gasteiger partial charge on any atom is 0.334 e. The highest BCUT2D eigenvalue weighted by molar-refractivity contribution is 5.91. The minimum Gasteiger partial charge on any atom is -0.458 e. The topological polar surface area (TPSA) is 97.9 Å². The lowest BCUT2D eigenvalue weighted by atomic mass is 9.78. The second kappa shape index (κ2) is 5.90. The quantitative estimate of drug-likeness (QED) is 0.441. The molecule has 148 valence electrons. The van der Waals surface area contributed by atoms with Crippen LogP contribution >= 0.6 is 0 Å². The zero-order valence-corrected chi connectivity index (χ0v) is 16.1. The smallest absolute Gasteiger partial charge is 0.334 e.